The normalized spacial score (nSPS) is 20.1. The summed E-state index contributed by atoms with van der Waals surface area (Å²) in [6, 6.07) is 6.58. The topological polar surface area (TPSA) is 101 Å². The van der Waals surface area contributed by atoms with Crippen LogP contribution >= 0.6 is 0 Å². The minimum Gasteiger partial charge on any atom is -0.444 e. The Morgan fingerprint density at radius 2 is 1.65 bits per heavy atom. The molecule has 4 heterocycles. The summed E-state index contributed by atoms with van der Waals surface area (Å²) in [7, 11) is -2.21. The number of carbonyl (C=O) groups excluding carboxylic acids is 1. The lowest BCUT2D eigenvalue weighted by Crippen LogP contribution is -2.62. The van der Waals surface area contributed by atoms with Crippen molar-refractivity contribution in [2.24, 2.45) is 5.92 Å². The molecule has 1 amide bonds. The smallest absolute Gasteiger partial charge is 0.408 e. The molecule has 2 aromatic heterocycles. The monoisotopic (exact) mass is 742 g/mol. The molecule has 284 valence electrons. The molecule has 14 heteroatoms. The predicted molar refractivity (Wildman–Crippen MR) is 201 cm³/mol. The van der Waals surface area contributed by atoms with E-state index in [4.69, 9.17) is 13.9 Å². The van der Waals surface area contributed by atoms with E-state index in [1.54, 1.807) is 12.4 Å². The van der Waals surface area contributed by atoms with Crippen molar-refractivity contribution in [3.05, 3.63) is 65.9 Å². The molecule has 5 rings (SSSR count). The molecule has 2 aliphatic rings. The van der Waals surface area contributed by atoms with Crippen LogP contribution in [0, 0.1) is 23.4 Å². The first kappa shape index (κ1) is 39.3. The molecule has 1 aromatic carbocycles. The van der Waals surface area contributed by atoms with E-state index in [0.29, 0.717) is 56.5 Å². The van der Waals surface area contributed by atoms with E-state index in [2.05, 4.69) is 66.3 Å². The highest BCUT2D eigenvalue weighted by molar-refractivity contribution is 6.74. The molecular formula is C38H53F3N6O4Si. The molecule has 2 fully saturated rings. The van der Waals surface area contributed by atoms with Gasteiger partial charge in [0.05, 0.1) is 60.7 Å². The largest absolute Gasteiger partial charge is 0.444 e. The molecule has 0 saturated carbocycles. The number of hydrogen-bond donors (Lipinski definition) is 2. The Morgan fingerprint density at radius 3 is 2.29 bits per heavy atom. The fraction of sp³-hybridized carbons (Fsp3) is 0.553. The lowest BCUT2D eigenvalue weighted by molar-refractivity contribution is 0.0336. The standard InChI is InChI=1S/C38H53F3N6O4Si/c1-24-22-47(23-31(45-36(48)50-37(2,3)4)35(24)51-52(8,9)38(5,6)7)32-12-13-42-21-30(32)43-20-25-10-11-27(39)34(44-25)33-28(40)18-26(19-29(33)41)46-14-16-49-17-15-46/h10-13,18-19,21,24,31,35,43H,14-17,20,22-23H2,1-9H3,(H,45,48)/t24-,31+,35+/m0/s1. The first-order valence-corrected chi connectivity index (χ1v) is 20.8. The van der Waals surface area contributed by atoms with Gasteiger partial charge in [-0.3, -0.25) is 4.98 Å². The minimum atomic E-state index is -2.21. The lowest BCUT2D eigenvalue weighted by Gasteiger charge is -2.48. The summed E-state index contributed by atoms with van der Waals surface area (Å²) in [5, 5.41) is 6.43. The number of carbonyl (C=O) groups is 1. The maximum absolute atomic E-state index is 15.4. The average molecular weight is 743 g/mol. The zero-order chi connectivity index (χ0) is 38.0. The summed E-state index contributed by atoms with van der Waals surface area (Å²) in [6.07, 6.45) is 2.63. The van der Waals surface area contributed by atoms with E-state index in [9.17, 15) is 4.79 Å². The number of piperidine rings is 1. The van der Waals surface area contributed by atoms with Crippen LogP contribution in [0.5, 0.6) is 0 Å². The molecule has 10 nitrogen and oxygen atoms in total. The quantitative estimate of drug-likeness (QED) is 0.213. The van der Waals surface area contributed by atoms with Gasteiger partial charge in [0.2, 0.25) is 0 Å². The van der Waals surface area contributed by atoms with Gasteiger partial charge in [0.1, 0.15) is 28.7 Å². The summed E-state index contributed by atoms with van der Waals surface area (Å²) in [4.78, 5) is 25.8. The first-order chi connectivity index (χ1) is 24.3. The summed E-state index contributed by atoms with van der Waals surface area (Å²) in [6.45, 7) is 21.7. The number of morpholine rings is 1. The highest BCUT2D eigenvalue weighted by atomic mass is 28.4. The summed E-state index contributed by atoms with van der Waals surface area (Å²) in [5.74, 6) is -2.58. The molecule has 3 aromatic rings. The Bertz CT molecular complexity index is 1700. The Balaban J connectivity index is 1.37. The lowest BCUT2D eigenvalue weighted by atomic mass is 9.92. The number of anilines is 3. The van der Waals surface area contributed by atoms with Crippen LogP contribution in [-0.2, 0) is 20.4 Å². The molecule has 2 aliphatic heterocycles. The highest BCUT2D eigenvalue weighted by Crippen LogP contribution is 2.40. The summed E-state index contributed by atoms with van der Waals surface area (Å²) in [5.41, 5.74) is 0.678. The van der Waals surface area contributed by atoms with Crippen LogP contribution in [0.2, 0.25) is 18.1 Å². The van der Waals surface area contributed by atoms with Gasteiger partial charge in [-0.05, 0) is 69.2 Å². The molecule has 2 saturated heterocycles. The maximum atomic E-state index is 15.4. The number of halogens is 3. The average Bonchev–Trinajstić information content (AvgIpc) is 3.05. The van der Waals surface area contributed by atoms with Crippen molar-refractivity contribution in [1.29, 1.82) is 0 Å². The van der Waals surface area contributed by atoms with Gasteiger partial charge in [0.25, 0.3) is 0 Å². The fourth-order valence-electron chi connectivity index (χ4n) is 6.29. The van der Waals surface area contributed by atoms with Crippen LogP contribution in [0.15, 0.2) is 42.7 Å². The van der Waals surface area contributed by atoms with Gasteiger partial charge >= 0.3 is 6.09 Å². The van der Waals surface area contributed by atoms with Crippen molar-refractivity contribution >= 4 is 31.5 Å². The second-order valence-electron chi connectivity index (χ2n) is 16.2. The van der Waals surface area contributed by atoms with Crippen molar-refractivity contribution in [3.8, 4) is 11.3 Å². The molecule has 0 unspecified atom stereocenters. The van der Waals surface area contributed by atoms with Gasteiger partial charge in [0.15, 0.2) is 8.32 Å². The Kier molecular flexibility index (Phi) is 11.8. The van der Waals surface area contributed by atoms with Crippen molar-refractivity contribution in [2.45, 2.75) is 90.9 Å². The number of rotatable bonds is 9. The second kappa shape index (κ2) is 15.6. The molecule has 2 N–H and O–H groups in total. The molecule has 3 atom stereocenters. The van der Waals surface area contributed by atoms with Crippen molar-refractivity contribution in [1.82, 2.24) is 15.3 Å². The number of pyridine rings is 2. The molecule has 0 bridgehead atoms. The van der Waals surface area contributed by atoms with Gasteiger partial charge in [-0.15, -0.1) is 0 Å². The van der Waals surface area contributed by atoms with Gasteiger partial charge in [0, 0.05) is 44.0 Å². The molecular weight excluding hydrogens is 690 g/mol. The number of nitrogens with one attached hydrogen (secondary N) is 2. The summed E-state index contributed by atoms with van der Waals surface area (Å²) >= 11 is 0. The molecule has 0 radical (unpaired) electrons. The minimum absolute atomic E-state index is 0.0271. The zero-order valence-corrected chi connectivity index (χ0v) is 32.8. The number of nitrogens with zero attached hydrogens (tertiary/aromatic N) is 4. The van der Waals surface area contributed by atoms with Gasteiger partial charge in [-0.25, -0.2) is 22.9 Å². The van der Waals surface area contributed by atoms with Gasteiger partial charge < -0.3 is 34.3 Å². The number of amides is 1. The van der Waals surface area contributed by atoms with E-state index in [0.717, 1.165) is 5.69 Å². The SMILES string of the molecule is C[C@H]1CN(c2ccncc2NCc2ccc(F)c(-c3c(F)cc(N4CCOCC4)cc3F)n2)C[C@@H](NC(=O)OC(C)(C)C)[C@@H]1O[Si](C)(C)C(C)(C)C. The zero-order valence-electron chi connectivity index (χ0n) is 31.8. The molecule has 52 heavy (non-hydrogen) atoms. The van der Waals surface area contributed by atoms with Crippen LogP contribution in [0.25, 0.3) is 11.3 Å². The maximum Gasteiger partial charge on any atom is 0.408 e. The van der Waals surface area contributed by atoms with E-state index >= 15 is 13.2 Å². The van der Waals surface area contributed by atoms with Crippen LogP contribution in [0.3, 0.4) is 0 Å². The van der Waals surface area contributed by atoms with Crippen molar-refractivity contribution in [3.63, 3.8) is 0 Å². The third-order valence-corrected chi connectivity index (χ3v) is 14.4. The van der Waals surface area contributed by atoms with Crippen LogP contribution in [-0.4, -0.2) is 81.5 Å². The molecule has 0 spiro atoms. The number of benzene rings is 1. The predicted octanol–water partition coefficient (Wildman–Crippen LogP) is 7.75. The fourth-order valence-corrected chi connectivity index (χ4v) is 7.72. The summed E-state index contributed by atoms with van der Waals surface area (Å²) < 4.78 is 63.8. The number of ether oxygens (including phenoxy) is 2. The van der Waals surface area contributed by atoms with Crippen LogP contribution < -0.4 is 20.4 Å². The number of hydrogen-bond acceptors (Lipinski definition) is 9. The second-order valence-corrected chi connectivity index (χ2v) is 21.0. The number of alkyl carbamates (subject to hydrolysis) is 1. The van der Waals surface area contributed by atoms with Gasteiger partial charge in [-0.1, -0.05) is 27.7 Å². The Morgan fingerprint density at radius 1 is 0.981 bits per heavy atom. The first-order valence-electron chi connectivity index (χ1n) is 17.9. The third kappa shape index (κ3) is 9.37. The van der Waals surface area contributed by atoms with E-state index < -0.39 is 48.7 Å². The van der Waals surface area contributed by atoms with Crippen molar-refractivity contribution < 1.29 is 31.9 Å². The van der Waals surface area contributed by atoms with Gasteiger partial charge in [-0.2, -0.15) is 0 Å². The Hall–Kier alpha value is -3.88. The van der Waals surface area contributed by atoms with E-state index in [1.165, 1.54) is 24.3 Å². The Labute approximate surface area is 306 Å². The van der Waals surface area contributed by atoms with Crippen LogP contribution in [0.1, 0.15) is 54.2 Å². The van der Waals surface area contributed by atoms with E-state index in [-0.39, 0.29) is 29.6 Å². The van der Waals surface area contributed by atoms with Crippen LogP contribution in [0.4, 0.5) is 35.0 Å². The van der Waals surface area contributed by atoms with Crippen molar-refractivity contribution in [2.75, 3.05) is 54.5 Å². The highest BCUT2D eigenvalue weighted by Gasteiger charge is 2.45. The van der Waals surface area contributed by atoms with E-state index in [1.807, 2.05) is 31.7 Å². The third-order valence-electron chi connectivity index (χ3n) is 9.96. The number of aromatic nitrogens is 2. The molecule has 0 aliphatic carbocycles.